The van der Waals surface area contributed by atoms with E-state index in [1.165, 1.54) is 4.90 Å². The molecule has 2 amide bonds. The Balaban J connectivity index is 1.73. The molecule has 0 bridgehead atoms. The van der Waals surface area contributed by atoms with Gasteiger partial charge in [0.25, 0.3) is 0 Å². The van der Waals surface area contributed by atoms with Gasteiger partial charge in [0, 0.05) is 35.4 Å². The van der Waals surface area contributed by atoms with Crippen molar-refractivity contribution in [2.45, 2.75) is 13.3 Å². The highest BCUT2D eigenvalue weighted by Crippen LogP contribution is 2.29. The molecule has 3 rings (SSSR count). The van der Waals surface area contributed by atoms with Gasteiger partial charge in [-0.3, -0.25) is 9.59 Å². The molecule has 0 spiro atoms. The number of amides is 2. The minimum Gasteiger partial charge on any atom is -0.326 e. The van der Waals surface area contributed by atoms with Crippen LogP contribution < -0.4 is 10.2 Å². The van der Waals surface area contributed by atoms with Gasteiger partial charge in [-0.15, -0.1) is 0 Å². The standard InChI is InChI=1S/C18H15ClF2N2O2/c1-10-2-3-15(8-16(10)19)23-9-11(4-17(23)24)18(25)22-14-6-12(20)5-13(21)7-14/h2-3,5-8,11H,4,9H2,1H3,(H,22,25)/t11-/m0/s1. The van der Waals surface area contributed by atoms with Crippen molar-refractivity contribution >= 4 is 34.8 Å². The third kappa shape index (κ3) is 3.79. The van der Waals surface area contributed by atoms with Crippen molar-refractivity contribution in [3.63, 3.8) is 0 Å². The predicted molar refractivity (Wildman–Crippen MR) is 91.6 cm³/mol. The molecule has 130 valence electrons. The summed E-state index contributed by atoms with van der Waals surface area (Å²) in [5.41, 5.74) is 1.53. The van der Waals surface area contributed by atoms with Crippen LogP contribution in [0.5, 0.6) is 0 Å². The molecule has 1 heterocycles. The molecule has 1 fully saturated rings. The minimum absolute atomic E-state index is 0.0202. The van der Waals surface area contributed by atoms with Gasteiger partial charge in [0.15, 0.2) is 0 Å². The summed E-state index contributed by atoms with van der Waals surface area (Å²) >= 11 is 6.09. The summed E-state index contributed by atoms with van der Waals surface area (Å²) in [5.74, 6) is -2.84. The first kappa shape index (κ1) is 17.4. The minimum atomic E-state index is -0.784. The van der Waals surface area contributed by atoms with Crippen molar-refractivity contribution in [3.8, 4) is 0 Å². The second-order valence-corrected chi connectivity index (χ2v) is 6.39. The van der Waals surface area contributed by atoms with Crippen LogP contribution in [0, 0.1) is 24.5 Å². The summed E-state index contributed by atoms with van der Waals surface area (Å²) < 4.78 is 26.4. The first-order valence-corrected chi connectivity index (χ1v) is 8.05. The van der Waals surface area contributed by atoms with Gasteiger partial charge in [-0.25, -0.2) is 8.78 Å². The quantitative estimate of drug-likeness (QED) is 0.897. The van der Waals surface area contributed by atoms with Crippen LogP contribution in [-0.4, -0.2) is 18.4 Å². The van der Waals surface area contributed by atoms with Gasteiger partial charge < -0.3 is 10.2 Å². The van der Waals surface area contributed by atoms with E-state index in [4.69, 9.17) is 11.6 Å². The van der Waals surface area contributed by atoms with Gasteiger partial charge in [0.05, 0.1) is 5.92 Å². The zero-order valence-electron chi connectivity index (χ0n) is 13.4. The van der Waals surface area contributed by atoms with E-state index >= 15 is 0 Å². The van der Waals surface area contributed by atoms with Crippen molar-refractivity contribution in [2.75, 3.05) is 16.8 Å². The molecule has 7 heteroatoms. The maximum atomic E-state index is 13.2. The number of carbonyl (C=O) groups is 2. The summed E-state index contributed by atoms with van der Waals surface area (Å²) in [6, 6.07) is 8.01. The van der Waals surface area contributed by atoms with Gasteiger partial charge in [0.2, 0.25) is 11.8 Å². The molecular formula is C18H15ClF2N2O2. The van der Waals surface area contributed by atoms with E-state index < -0.39 is 23.5 Å². The average molecular weight is 365 g/mol. The zero-order valence-corrected chi connectivity index (χ0v) is 14.1. The van der Waals surface area contributed by atoms with Crippen LogP contribution in [0.4, 0.5) is 20.2 Å². The third-order valence-electron chi connectivity index (χ3n) is 4.09. The summed E-state index contributed by atoms with van der Waals surface area (Å²) in [5, 5.41) is 2.99. The molecule has 1 atom stereocenters. The summed E-state index contributed by atoms with van der Waals surface area (Å²) in [4.78, 5) is 26.0. The number of aryl methyl sites for hydroxylation is 1. The van der Waals surface area contributed by atoms with Crippen molar-refractivity contribution < 1.29 is 18.4 Å². The Hall–Kier alpha value is -2.47. The van der Waals surface area contributed by atoms with E-state index in [1.54, 1.807) is 18.2 Å². The average Bonchev–Trinajstić information content (AvgIpc) is 2.91. The van der Waals surface area contributed by atoms with Crippen LogP contribution in [0.15, 0.2) is 36.4 Å². The normalized spacial score (nSPS) is 17.0. The number of anilines is 2. The highest BCUT2D eigenvalue weighted by molar-refractivity contribution is 6.31. The maximum absolute atomic E-state index is 13.2. The Bertz CT molecular complexity index is 837. The molecule has 0 radical (unpaired) electrons. The molecule has 1 aliphatic heterocycles. The van der Waals surface area contributed by atoms with Crippen molar-refractivity contribution in [1.29, 1.82) is 0 Å². The lowest BCUT2D eigenvalue weighted by Crippen LogP contribution is -2.28. The number of hydrogen-bond donors (Lipinski definition) is 1. The highest BCUT2D eigenvalue weighted by Gasteiger charge is 2.35. The van der Waals surface area contributed by atoms with Crippen molar-refractivity contribution in [1.82, 2.24) is 0 Å². The monoisotopic (exact) mass is 364 g/mol. The lowest BCUT2D eigenvalue weighted by molar-refractivity contribution is -0.122. The first-order valence-electron chi connectivity index (χ1n) is 7.67. The molecule has 0 saturated carbocycles. The number of rotatable bonds is 3. The van der Waals surface area contributed by atoms with E-state index in [2.05, 4.69) is 5.32 Å². The molecule has 4 nitrogen and oxygen atoms in total. The second kappa shape index (κ2) is 6.80. The molecule has 0 aromatic heterocycles. The number of nitrogens with one attached hydrogen (secondary N) is 1. The molecule has 1 N–H and O–H groups in total. The Morgan fingerprint density at radius 1 is 1.20 bits per heavy atom. The largest absolute Gasteiger partial charge is 0.326 e. The Morgan fingerprint density at radius 2 is 1.88 bits per heavy atom. The van der Waals surface area contributed by atoms with Gasteiger partial charge in [-0.1, -0.05) is 17.7 Å². The fourth-order valence-electron chi connectivity index (χ4n) is 2.75. The number of halogens is 3. The van der Waals surface area contributed by atoms with Gasteiger partial charge in [-0.2, -0.15) is 0 Å². The van der Waals surface area contributed by atoms with Crippen LogP contribution in [-0.2, 0) is 9.59 Å². The van der Waals surface area contributed by atoms with Crippen LogP contribution in [0.25, 0.3) is 0 Å². The Kier molecular flexibility index (Phi) is 4.72. The fourth-order valence-corrected chi connectivity index (χ4v) is 2.93. The number of carbonyl (C=O) groups excluding carboxylic acids is 2. The number of nitrogens with zero attached hydrogens (tertiary/aromatic N) is 1. The lowest BCUT2D eigenvalue weighted by Gasteiger charge is -2.17. The summed E-state index contributed by atoms with van der Waals surface area (Å²) in [6.45, 7) is 2.04. The van der Waals surface area contributed by atoms with Gasteiger partial charge in [-0.05, 0) is 36.8 Å². The topological polar surface area (TPSA) is 49.4 Å². The molecule has 2 aromatic rings. The van der Waals surface area contributed by atoms with E-state index in [9.17, 15) is 18.4 Å². The SMILES string of the molecule is Cc1ccc(N2C[C@@H](C(=O)Nc3cc(F)cc(F)c3)CC2=O)cc1Cl. The van der Waals surface area contributed by atoms with Crippen LogP contribution in [0.3, 0.4) is 0 Å². The summed E-state index contributed by atoms with van der Waals surface area (Å²) in [7, 11) is 0. The molecular weight excluding hydrogens is 350 g/mol. The zero-order chi connectivity index (χ0) is 18.1. The van der Waals surface area contributed by atoms with Crippen LogP contribution in [0.1, 0.15) is 12.0 Å². The van der Waals surface area contributed by atoms with Crippen LogP contribution >= 0.6 is 11.6 Å². The molecule has 0 aliphatic carbocycles. The predicted octanol–water partition coefficient (Wildman–Crippen LogP) is 3.92. The molecule has 0 unspecified atom stereocenters. The van der Waals surface area contributed by atoms with Crippen molar-refractivity contribution in [2.24, 2.45) is 5.92 Å². The van der Waals surface area contributed by atoms with Crippen molar-refractivity contribution in [3.05, 3.63) is 58.6 Å². The third-order valence-corrected chi connectivity index (χ3v) is 4.50. The van der Waals surface area contributed by atoms with Gasteiger partial charge in [0.1, 0.15) is 11.6 Å². The van der Waals surface area contributed by atoms with E-state index in [1.807, 2.05) is 6.92 Å². The number of benzene rings is 2. The van der Waals surface area contributed by atoms with E-state index in [-0.39, 0.29) is 24.6 Å². The van der Waals surface area contributed by atoms with E-state index in [0.29, 0.717) is 10.7 Å². The highest BCUT2D eigenvalue weighted by atomic mass is 35.5. The molecule has 1 saturated heterocycles. The first-order chi connectivity index (χ1) is 11.8. The second-order valence-electron chi connectivity index (χ2n) is 5.99. The fraction of sp³-hybridized carbons (Fsp3) is 0.222. The molecule has 25 heavy (non-hydrogen) atoms. The number of hydrogen-bond acceptors (Lipinski definition) is 2. The lowest BCUT2D eigenvalue weighted by atomic mass is 10.1. The Morgan fingerprint density at radius 3 is 2.52 bits per heavy atom. The smallest absolute Gasteiger partial charge is 0.229 e. The molecule has 2 aromatic carbocycles. The van der Waals surface area contributed by atoms with Crippen LogP contribution in [0.2, 0.25) is 5.02 Å². The van der Waals surface area contributed by atoms with E-state index in [0.717, 1.165) is 23.8 Å². The molecule has 1 aliphatic rings. The van der Waals surface area contributed by atoms with Gasteiger partial charge >= 0.3 is 0 Å². The maximum Gasteiger partial charge on any atom is 0.229 e. The Labute approximate surface area is 148 Å². The summed E-state index contributed by atoms with van der Waals surface area (Å²) in [6.07, 6.45) is 0.0229.